The van der Waals surface area contributed by atoms with Crippen molar-refractivity contribution >= 4 is 21.6 Å². The van der Waals surface area contributed by atoms with E-state index in [0.29, 0.717) is 18.0 Å². The number of hydrogen-bond acceptors (Lipinski definition) is 4. The van der Waals surface area contributed by atoms with Crippen molar-refractivity contribution in [2.75, 3.05) is 17.5 Å². The summed E-state index contributed by atoms with van der Waals surface area (Å²) in [6.45, 7) is 5.87. The summed E-state index contributed by atoms with van der Waals surface area (Å²) >= 11 is 0. The summed E-state index contributed by atoms with van der Waals surface area (Å²) in [4.78, 5) is 13.7. The van der Waals surface area contributed by atoms with Gasteiger partial charge in [0.15, 0.2) is 0 Å². The fourth-order valence-electron chi connectivity index (χ4n) is 4.26. The minimum atomic E-state index is -4.03. The fourth-order valence-corrected chi connectivity index (χ4v) is 5.68. The Kier molecular flexibility index (Phi) is 8.48. The van der Waals surface area contributed by atoms with Crippen molar-refractivity contribution in [3.63, 3.8) is 0 Å². The first kappa shape index (κ1) is 26.9. The van der Waals surface area contributed by atoms with Crippen molar-refractivity contribution < 1.29 is 17.9 Å². The van der Waals surface area contributed by atoms with Crippen molar-refractivity contribution in [3.05, 3.63) is 125 Å². The van der Waals surface area contributed by atoms with Crippen molar-refractivity contribution in [1.29, 1.82) is 0 Å². The summed E-state index contributed by atoms with van der Waals surface area (Å²) in [6, 6.07) is 30.4. The van der Waals surface area contributed by atoms with Crippen LogP contribution in [0.5, 0.6) is 5.75 Å². The van der Waals surface area contributed by atoms with Crippen molar-refractivity contribution in [1.82, 2.24) is 5.32 Å². The molecule has 6 nitrogen and oxygen atoms in total. The van der Waals surface area contributed by atoms with E-state index in [1.807, 2.05) is 75.4 Å². The number of sulfonamides is 1. The van der Waals surface area contributed by atoms with E-state index in [1.165, 1.54) is 0 Å². The largest absolute Gasteiger partial charge is 0.494 e. The molecule has 0 aliphatic heterocycles. The lowest BCUT2D eigenvalue weighted by atomic mass is 9.95. The lowest BCUT2D eigenvalue weighted by molar-refractivity contribution is -0.120. The third kappa shape index (κ3) is 6.23. The molecule has 4 rings (SSSR count). The van der Waals surface area contributed by atoms with Crippen LogP contribution in [0.1, 0.15) is 35.2 Å². The molecule has 1 atom stereocenters. The number of ether oxygens (including phenoxy) is 1. The van der Waals surface area contributed by atoms with Gasteiger partial charge in [0.05, 0.1) is 23.2 Å². The van der Waals surface area contributed by atoms with Crippen LogP contribution in [-0.2, 0) is 14.8 Å². The topological polar surface area (TPSA) is 75.7 Å². The zero-order chi connectivity index (χ0) is 27.1. The number of benzene rings is 4. The number of hydrogen-bond donors (Lipinski definition) is 1. The van der Waals surface area contributed by atoms with Crippen LogP contribution >= 0.6 is 0 Å². The quantitative estimate of drug-likeness (QED) is 0.282. The zero-order valence-electron chi connectivity index (χ0n) is 21.8. The molecule has 0 unspecified atom stereocenters. The van der Waals surface area contributed by atoms with Gasteiger partial charge in [0, 0.05) is 0 Å². The highest BCUT2D eigenvalue weighted by molar-refractivity contribution is 7.92. The number of carbonyl (C=O) groups is 1. The van der Waals surface area contributed by atoms with Crippen LogP contribution in [0.4, 0.5) is 5.69 Å². The molecule has 1 N–H and O–H groups in total. The average molecular weight is 529 g/mol. The molecule has 0 aliphatic rings. The standard InChI is InChI=1S/C31H32N2O4S/c1-4-37-27-18-16-26(17-19-27)33(38(35,36)28-20-14-23(2)15-21-28)22-30(34)32-31(25-11-6-5-7-12-25)29-13-9-8-10-24(29)3/h5-21,31H,4,22H2,1-3H3,(H,32,34)/t31-/m1/s1. The predicted molar refractivity (Wildman–Crippen MR) is 151 cm³/mol. The molecule has 0 spiro atoms. The molecule has 0 saturated carbocycles. The molecule has 0 radical (unpaired) electrons. The molecule has 4 aromatic carbocycles. The lowest BCUT2D eigenvalue weighted by Gasteiger charge is -2.27. The Bertz CT molecular complexity index is 1470. The van der Waals surface area contributed by atoms with E-state index in [9.17, 15) is 13.2 Å². The Hall–Kier alpha value is -4.10. The second-order valence-electron chi connectivity index (χ2n) is 9.02. The highest BCUT2D eigenvalue weighted by Gasteiger charge is 2.29. The average Bonchev–Trinajstić information content (AvgIpc) is 2.92. The van der Waals surface area contributed by atoms with Gasteiger partial charge in [0.1, 0.15) is 12.3 Å². The molecular formula is C31H32N2O4S. The molecule has 0 fully saturated rings. The number of aryl methyl sites for hydroxylation is 2. The highest BCUT2D eigenvalue weighted by atomic mass is 32.2. The van der Waals surface area contributed by atoms with Gasteiger partial charge in [0.25, 0.3) is 10.0 Å². The van der Waals surface area contributed by atoms with Crippen LogP contribution in [0.2, 0.25) is 0 Å². The zero-order valence-corrected chi connectivity index (χ0v) is 22.6. The molecule has 7 heteroatoms. The van der Waals surface area contributed by atoms with E-state index in [0.717, 1.165) is 26.6 Å². The first-order valence-electron chi connectivity index (χ1n) is 12.5. The summed E-state index contributed by atoms with van der Waals surface area (Å²) in [5.41, 5.74) is 4.19. The van der Waals surface area contributed by atoms with Gasteiger partial charge in [-0.1, -0.05) is 72.3 Å². The summed E-state index contributed by atoms with van der Waals surface area (Å²) in [7, 11) is -4.03. The molecule has 0 aliphatic carbocycles. The Balaban J connectivity index is 1.69. The summed E-state index contributed by atoms with van der Waals surface area (Å²) in [6.07, 6.45) is 0. The summed E-state index contributed by atoms with van der Waals surface area (Å²) in [5.74, 6) is 0.198. The molecule has 0 saturated heterocycles. The van der Waals surface area contributed by atoms with E-state index in [2.05, 4.69) is 5.32 Å². The smallest absolute Gasteiger partial charge is 0.264 e. The molecule has 38 heavy (non-hydrogen) atoms. The van der Waals surface area contributed by atoms with Crippen LogP contribution < -0.4 is 14.4 Å². The Morgan fingerprint density at radius 2 is 1.47 bits per heavy atom. The van der Waals surface area contributed by atoms with Crippen molar-refractivity contribution in [3.8, 4) is 5.75 Å². The van der Waals surface area contributed by atoms with E-state index in [4.69, 9.17) is 4.74 Å². The van der Waals surface area contributed by atoms with Crippen LogP contribution in [0.3, 0.4) is 0 Å². The van der Waals surface area contributed by atoms with Gasteiger partial charge in [-0.25, -0.2) is 8.42 Å². The van der Waals surface area contributed by atoms with Crippen molar-refractivity contribution in [2.24, 2.45) is 0 Å². The first-order valence-corrected chi connectivity index (χ1v) is 14.0. The SMILES string of the molecule is CCOc1ccc(N(CC(=O)N[C@H](c2ccccc2)c2ccccc2C)S(=O)(=O)c2ccc(C)cc2)cc1. The number of carbonyl (C=O) groups excluding carboxylic acids is 1. The number of anilines is 1. The first-order chi connectivity index (χ1) is 18.3. The minimum Gasteiger partial charge on any atom is -0.494 e. The van der Waals surface area contributed by atoms with Crippen LogP contribution in [0, 0.1) is 13.8 Å². The monoisotopic (exact) mass is 528 g/mol. The van der Waals surface area contributed by atoms with Crippen LogP contribution in [0.25, 0.3) is 0 Å². The van der Waals surface area contributed by atoms with E-state index < -0.39 is 22.0 Å². The minimum absolute atomic E-state index is 0.114. The predicted octanol–water partition coefficient (Wildman–Crippen LogP) is 5.80. The number of rotatable bonds is 10. The van der Waals surface area contributed by atoms with Gasteiger partial charge < -0.3 is 10.1 Å². The Morgan fingerprint density at radius 1 is 0.842 bits per heavy atom. The molecule has 196 valence electrons. The fraction of sp³-hybridized carbons (Fsp3) is 0.194. The Labute approximate surface area is 225 Å². The molecule has 4 aromatic rings. The highest BCUT2D eigenvalue weighted by Crippen LogP contribution is 2.28. The number of amides is 1. The maximum atomic E-state index is 13.8. The molecular weight excluding hydrogens is 496 g/mol. The summed E-state index contributed by atoms with van der Waals surface area (Å²) < 4.78 is 34.2. The molecule has 0 heterocycles. The lowest BCUT2D eigenvalue weighted by Crippen LogP contribution is -2.42. The maximum Gasteiger partial charge on any atom is 0.264 e. The van der Waals surface area contributed by atoms with Crippen LogP contribution in [0.15, 0.2) is 108 Å². The van der Waals surface area contributed by atoms with Crippen LogP contribution in [-0.4, -0.2) is 27.5 Å². The normalized spacial score (nSPS) is 12.0. The number of nitrogens with one attached hydrogen (secondary N) is 1. The van der Waals surface area contributed by atoms with E-state index in [1.54, 1.807) is 48.5 Å². The van der Waals surface area contributed by atoms with Gasteiger partial charge in [-0.2, -0.15) is 0 Å². The van der Waals surface area contributed by atoms with Gasteiger partial charge in [-0.15, -0.1) is 0 Å². The Morgan fingerprint density at radius 3 is 2.11 bits per heavy atom. The van der Waals surface area contributed by atoms with Gasteiger partial charge in [-0.05, 0) is 73.9 Å². The molecule has 0 bridgehead atoms. The van der Waals surface area contributed by atoms with Gasteiger partial charge >= 0.3 is 0 Å². The third-order valence-corrected chi connectivity index (χ3v) is 8.06. The maximum absolute atomic E-state index is 13.8. The van der Waals surface area contributed by atoms with Gasteiger partial charge in [0.2, 0.25) is 5.91 Å². The second kappa shape index (κ2) is 12.0. The summed E-state index contributed by atoms with van der Waals surface area (Å²) in [5, 5.41) is 3.09. The van der Waals surface area contributed by atoms with Crippen molar-refractivity contribution in [2.45, 2.75) is 31.7 Å². The van der Waals surface area contributed by atoms with Gasteiger partial charge in [-0.3, -0.25) is 9.10 Å². The molecule has 1 amide bonds. The van der Waals surface area contributed by atoms with E-state index >= 15 is 0 Å². The third-order valence-electron chi connectivity index (χ3n) is 6.27. The molecule has 0 aromatic heterocycles. The van der Waals surface area contributed by atoms with E-state index in [-0.39, 0.29) is 11.4 Å². The number of nitrogens with zero attached hydrogens (tertiary/aromatic N) is 1. The second-order valence-corrected chi connectivity index (χ2v) is 10.9.